The fourth-order valence-corrected chi connectivity index (χ4v) is 1.95. The van der Waals surface area contributed by atoms with E-state index >= 15 is 0 Å². The Morgan fingerprint density at radius 3 is 2.67 bits per heavy atom. The van der Waals surface area contributed by atoms with Gasteiger partial charge >= 0.3 is 5.97 Å². The number of esters is 1. The van der Waals surface area contributed by atoms with Crippen LogP contribution in [-0.4, -0.2) is 29.3 Å². The molecule has 0 bridgehead atoms. The molecule has 0 fully saturated rings. The minimum atomic E-state index is -0.735. The van der Waals surface area contributed by atoms with Crippen molar-refractivity contribution in [3.05, 3.63) is 23.8 Å². The molecule has 0 spiro atoms. The number of rotatable bonds is 5. The zero-order valence-corrected chi connectivity index (χ0v) is 10.6. The number of methoxy groups -OCH3 is 1. The summed E-state index contributed by atoms with van der Waals surface area (Å²) in [6, 6.07) is 4.04. The van der Waals surface area contributed by atoms with Crippen LogP contribution in [-0.2, 0) is 9.53 Å². The number of phenols is 2. The van der Waals surface area contributed by atoms with E-state index in [4.69, 9.17) is 5.73 Å². The van der Waals surface area contributed by atoms with Gasteiger partial charge in [-0.2, -0.15) is 0 Å². The summed E-state index contributed by atoms with van der Waals surface area (Å²) >= 11 is 0. The molecule has 1 aromatic carbocycles. The first kappa shape index (κ1) is 14.3. The number of hydrogen-bond acceptors (Lipinski definition) is 5. The molecule has 0 aliphatic rings. The van der Waals surface area contributed by atoms with Gasteiger partial charge in [0, 0.05) is 5.56 Å². The van der Waals surface area contributed by atoms with Crippen molar-refractivity contribution in [3.8, 4) is 11.5 Å². The van der Waals surface area contributed by atoms with Crippen molar-refractivity contribution >= 4 is 5.97 Å². The molecular formula is C13H19NO4. The van der Waals surface area contributed by atoms with Gasteiger partial charge in [-0.1, -0.05) is 19.1 Å². The van der Waals surface area contributed by atoms with Crippen molar-refractivity contribution in [2.24, 2.45) is 5.73 Å². The van der Waals surface area contributed by atoms with Crippen LogP contribution >= 0.6 is 0 Å². The highest BCUT2D eigenvalue weighted by Crippen LogP contribution is 2.36. The van der Waals surface area contributed by atoms with Crippen LogP contribution in [0.2, 0.25) is 0 Å². The average Bonchev–Trinajstić information content (AvgIpc) is 2.38. The normalized spacial score (nSPS) is 13.9. The van der Waals surface area contributed by atoms with Gasteiger partial charge in [0.05, 0.1) is 7.11 Å². The predicted octanol–water partition coefficient (Wildman–Crippen LogP) is 1.48. The molecule has 4 N–H and O–H groups in total. The summed E-state index contributed by atoms with van der Waals surface area (Å²) in [5.74, 6) is -0.904. The minimum Gasteiger partial charge on any atom is -0.504 e. The maximum atomic E-state index is 11.3. The van der Waals surface area contributed by atoms with E-state index in [1.165, 1.54) is 13.2 Å². The van der Waals surface area contributed by atoms with Gasteiger partial charge in [0.25, 0.3) is 0 Å². The zero-order chi connectivity index (χ0) is 13.7. The second kappa shape index (κ2) is 6.26. The molecule has 0 saturated carbocycles. The Labute approximate surface area is 106 Å². The maximum Gasteiger partial charge on any atom is 0.322 e. The molecule has 100 valence electrons. The van der Waals surface area contributed by atoms with Crippen molar-refractivity contribution in [3.63, 3.8) is 0 Å². The Hall–Kier alpha value is -1.75. The standard InChI is InChI=1S/C13H19NO4/c1-3-8(7-10(14)13(17)18-2)9-5-4-6-11(15)12(9)16/h4-6,8,10,15-16H,3,7,14H2,1-2H3. The van der Waals surface area contributed by atoms with Crippen LogP contribution in [0.5, 0.6) is 11.5 Å². The minimum absolute atomic E-state index is 0.105. The highest BCUT2D eigenvalue weighted by Gasteiger charge is 2.22. The third-order valence-corrected chi connectivity index (χ3v) is 3.02. The largest absolute Gasteiger partial charge is 0.504 e. The number of hydrogen-bond donors (Lipinski definition) is 3. The fraction of sp³-hybridized carbons (Fsp3) is 0.462. The third kappa shape index (κ3) is 3.13. The zero-order valence-electron chi connectivity index (χ0n) is 10.6. The van der Waals surface area contributed by atoms with Crippen LogP contribution in [0.4, 0.5) is 0 Å². The van der Waals surface area contributed by atoms with Crippen molar-refractivity contribution < 1.29 is 19.7 Å². The Morgan fingerprint density at radius 1 is 1.44 bits per heavy atom. The molecule has 1 aromatic rings. The van der Waals surface area contributed by atoms with Crippen molar-refractivity contribution in [2.45, 2.75) is 31.7 Å². The second-order valence-electron chi connectivity index (χ2n) is 4.19. The Kier molecular flexibility index (Phi) is 4.97. The van der Waals surface area contributed by atoms with E-state index in [1.54, 1.807) is 12.1 Å². The summed E-state index contributed by atoms with van der Waals surface area (Å²) in [5, 5.41) is 19.3. The second-order valence-corrected chi connectivity index (χ2v) is 4.19. The van der Waals surface area contributed by atoms with Gasteiger partial charge in [0.1, 0.15) is 6.04 Å². The molecule has 0 aromatic heterocycles. The van der Waals surface area contributed by atoms with Gasteiger partial charge in [0.2, 0.25) is 0 Å². The molecule has 0 aliphatic carbocycles. The molecule has 2 unspecified atom stereocenters. The SMILES string of the molecule is CCC(CC(N)C(=O)OC)c1cccc(O)c1O. The van der Waals surface area contributed by atoms with E-state index in [1.807, 2.05) is 6.92 Å². The lowest BCUT2D eigenvalue weighted by Gasteiger charge is -2.19. The van der Waals surface area contributed by atoms with E-state index in [0.29, 0.717) is 18.4 Å². The summed E-state index contributed by atoms with van der Waals surface area (Å²) in [6.45, 7) is 1.93. The smallest absolute Gasteiger partial charge is 0.322 e. The van der Waals surface area contributed by atoms with Gasteiger partial charge in [-0.15, -0.1) is 0 Å². The maximum absolute atomic E-state index is 11.3. The summed E-state index contributed by atoms with van der Waals surface area (Å²) in [6.07, 6.45) is 1.06. The molecule has 0 heterocycles. The number of nitrogens with two attached hydrogens (primary N) is 1. The van der Waals surface area contributed by atoms with Gasteiger partial charge in [0.15, 0.2) is 11.5 Å². The number of carbonyl (C=O) groups excluding carboxylic acids is 1. The van der Waals surface area contributed by atoms with E-state index in [0.717, 1.165) is 0 Å². The van der Waals surface area contributed by atoms with Gasteiger partial charge < -0.3 is 20.7 Å². The van der Waals surface area contributed by atoms with Crippen LogP contribution in [0.3, 0.4) is 0 Å². The quantitative estimate of drug-likeness (QED) is 0.546. The first-order valence-electron chi connectivity index (χ1n) is 5.85. The highest BCUT2D eigenvalue weighted by molar-refractivity contribution is 5.75. The summed E-state index contributed by atoms with van der Waals surface area (Å²) in [7, 11) is 1.29. The average molecular weight is 253 g/mol. The van der Waals surface area contributed by atoms with Crippen LogP contribution < -0.4 is 5.73 Å². The molecule has 5 heteroatoms. The van der Waals surface area contributed by atoms with Gasteiger partial charge in [-0.05, 0) is 24.8 Å². The lowest BCUT2D eigenvalue weighted by molar-refractivity contribution is -0.142. The van der Waals surface area contributed by atoms with Crippen LogP contribution in [0, 0.1) is 0 Å². The molecule has 0 amide bonds. The Morgan fingerprint density at radius 2 is 2.11 bits per heavy atom. The molecule has 0 saturated heterocycles. The number of ether oxygens (including phenoxy) is 1. The molecule has 5 nitrogen and oxygen atoms in total. The molecule has 18 heavy (non-hydrogen) atoms. The fourth-order valence-electron chi connectivity index (χ4n) is 1.95. The molecule has 0 aliphatic heterocycles. The van der Waals surface area contributed by atoms with Gasteiger partial charge in [-0.3, -0.25) is 4.79 Å². The van der Waals surface area contributed by atoms with Crippen LogP contribution in [0.15, 0.2) is 18.2 Å². The lowest BCUT2D eigenvalue weighted by Crippen LogP contribution is -2.33. The first-order chi connectivity index (χ1) is 8.51. The van der Waals surface area contributed by atoms with Crippen LogP contribution in [0.25, 0.3) is 0 Å². The Bertz CT molecular complexity index is 419. The topological polar surface area (TPSA) is 92.8 Å². The third-order valence-electron chi connectivity index (χ3n) is 3.02. The van der Waals surface area contributed by atoms with E-state index in [-0.39, 0.29) is 17.4 Å². The van der Waals surface area contributed by atoms with E-state index in [2.05, 4.69) is 4.74 Å². The number of benzene rings is 1. The molecule has 2 atom stereocenters. The molecule has 0 radical (unpaired) electrons. The van der Waals surface area contributed by atoms with E-state index < -0.39 is 12.0 Å². The summed E-state index contributed by atoms with van der Waals surface area (Å²) < 4.78 is 4.57. The predicted molar refractivity (Wildman–Crippen MR) is 67.4 cm³/mol. The van der Waals surface area contributed by atoms with Crippen molar-refractivity contribution in [2.75, 3.05) is 7.11 Å². The number of phenolic OH excluding ortho intramolecular Hbond substituents is 2. The highest BCUT2D eigenvalue weighted by atomic mass is 16.5. The number of para-hydroxylation sites is 1. The Balaban J connectivity index is 2.90. The van der Waals surface area contributed by atoms with E-state index in [9.17, 15) is 15.0 Å². The molecular weight excluding hydrogens is 234 g/mol. The number of carbonyl (C=O) groups is 1. The number of aromatic hydroxyl groups is 2. The van der Waals surface area contributed by atoms with Crippen molar-refractivity contribution in [1.82, 2.24) is 0 Å². The first-order valence-corrected chi connectivity index (χ1v) is 5.85. The monoisotopic (exact) mass is 253 g/mol. The summed E-state index contributed by atoms with van der Waals surface area (Å²) in [4.78, 5) is 11.3. The summed E-state index contributed by atoms with van der Waals surface area (Å²) in [5.41, 5.74) is 6.31. The van der Waals surface area contributed by atoms with Gasteiger partial charge in [-0.25, -0.2) is 0 Å². The van der Waals surface area contributed by atoms with Crippen molar-refractivity contribution in [1.29, 1.82) is 0 Å². The van der Waals surface area contributed by atoms with Crippen LogP contribution in [0.1, 0.15) is 31.2 Å². The lowest BCUT2D eigenvalue weighted by atomic mass is 9.89. The molecule has 1 rings (SSSR count).